The van der Waals surface area contributed by atoms with Crippen molar-refractivity contribution in [2.24, 2.45) is 0 Å². The summed E-state index contributed by atoms with van der Waals surface area (Å²) in [5, 5.41) is 6.65. The minimum atomic E-state index is 0.601. The van der Waals surface area contributed by atoms with Crippen LogP contribution in [0.25, 0.3) is 99.9 Å². The number of benzene rings is 8. The number of nitrogens with zero attached hydrogens (tertiary/aromatic N) is 3. The normalized spacial score (nSPS) is 11.5. The fourth-order valence-corrected chi connectivity index (χ4v) is 7.43. The van der Waals surface area contributed by atoms with Crippen molar-refractivity contribution in [3.05, 3.63) is 176 Å². The van der Waals surface area contributed by atoms with Crippen molar-refractivity contribution in [1.82, 2.24) is 15.0 Å². The third kappa shape index (κ3) is 4.88. The molecule has 0 saturated carbocycles. The van der Waals surface area contributed by atoms with Crippen molar-refractivity contribution in [3.63, 3.8) is 0 Å². The highest BCUT2D eigenvalue weighted by Crippen LogP contribution is 2.43. The number of fused-ring (bicyclic) bond motifs is 5. The van der Waals surface area contributed by atoms with Gasteiger partial charge in [0.25, 0.3) is 0 Å². The second-order valence-corrected chi connectivity index (χ2v) is 12.7. The van der Waals surface area contributed by atoms with Crippen LogP contribution in [0.2, 0.25) is 0 Å². The first-order valence-electron chi connectivity index (χ1n) is 17.1. The maximum atomic E-state index is 6.26. The minimum absolute atomic E-state index is 0.601. The molecule has 238 valence electrons. The number of para-hydroxylation sites is 1. The molecular weight excluding hydrogens is 623 g/mol. The Morgan fingerprint density at radius 3 is 1.65 bits per heavy atom. The lowest BCUT2D eigenvalue weighted by atomic mass is 9.86. The van der Waals surface area contributed by atoms with Crippen molar-refractivity contribution in [2.45, 2.75) is 0 Å². The van der Waals surface area contributed by atoms with E-state index in [1.807, 2.05) is 60.7 Å². The van der Waals surface area contributed by atoms with E-state index < -0.39 is 0 Å². The molecule has 10 aromatic rings. The summed E-state index contributed by atoms with van der Waals surface area (Å²) in [4.78, 5) is 15.5. The molecular formula is C47H29N3O. The lowest BCUT2D eigenvalue weighted by molar-refractivity contribution is 0.669. The molecule has 0 amide bonds. The molecule has 0 radical (unpaired) electrons. The fraction of sp³-hybridized carbons (Fsp3) is 0. The Hall–Kier alpha value is -6.91. The topological polar surface area (TPSA) is 51.8 Å². The largest absolute Gasteiger partial charge is 0.456 e. The van der Waals surface area contributed by atoms with Gasteiger partial charge in [0.05, 0.1) is 0 Å². The van der Waals surface area contributed by atoms with E-state index in [4.69, 9.17) is 19.4 Å². The average Bonchev–Trinajstić information content (AvgIpc) is 3.60. The van der Waals surface area contributed by atoms with Crippen LogP contribution in [0.4, 0.5) is 0 Å². The highest BCUT2D eigenvalue weighted by atomic mass is 16.3. The van der Waals surface area contributed by atoms with E-state index in [1.165, 1.54) is 27.5 Å². The van der Waals surface area contributed by atoms with Gasteiger partial charge in [-0.2, -0.15) is 0 Å². The molecule has 0 aliphatic rings. The molecule has 51 heavy (non-hydrogen) atoms. The molecule has 4 heteroatoms. The molecule has 0 aliphatic heterocycles. The summed E-state index contributed by atoms with van der Waals surface area (Å²) in [5.74, 6) is 1.84. The van der Waals surface area contributed by atoms with Crippen LogP contribution < -0.4 is 0 Å². The third-order valence-electron chi connectivity index (χ3n) is 9.76. The van der Waals surface area contributed by atoms with Crippen molar-refractivity contribution < 1.29 is 4.42 Å². The fourth-order valence-electron chi connectivity index (χ4n) is 7.43. The van der Waals surface area contributed by atoms with Crippen molar-refractivity contribution in [1.29, 1.82) is 0 Å². The second-order valence-electron chi connectivity index (χ2n) is 12.7. The molecule has 10 rings (SSSR count). The van der Waals surface area contributed by atoms with Crippen LogP contribution in [-0.4, -0.2) is 15.0 Å². The Kier molecular flexibility index (Phi) is 6.78. The number of hydrogen-bond donors (Lipinski definition) is 0. The Morgan fingerprint density at radius 1 is 0.314 bits per heavy atom. The summed E-state index contributed by atoms with van der Waals surface area (Å²) in [6.07, 6.45) is 0. The molecule has 2 heterocycles. The summed E-state index contributed by atoms with van der Waals surface area (Å²) in [5.41, 5.74) is 9.17. The van der Waals surface area contributed by atoms with E-state index in [1.54, 1.807) is 0 Å². The Balaban J connectivity index is 1.24. The molecule has 0 spiro atoms. The van der Waals surface area contributed by atoms with Crippen LogP contribution in [-0.2, 0) is 0 Å². The average molecular weight is 652 g/mol. The highest BCUT2D eigenvalue weighted by Gasteiger charge is 2.20. The van der Waals surface area contributed by atoms with Gasteiger partial charge < -0.3 is 4.42 Å². The first-order valence-corrected chi connectivity index (χ1v) is 17.1. The molecule has 8 aromatic carbocycles. The first kappa shape index (κ1) is 29.0. The maximum Gasteiger partial charge on any atom is 0.164 e. The Labute approximate surface area is 294 Å². The molecule has 0 unspecified atom stereocenters. The molecule has 0 N–H and O–H groups in total. The SMILES string of the molecule is c1ccc(-c2nc(-c3ccc(-c4c(-c5ccccc5)ccc5ccccc45)c4ccccc34)nc(-c3cccc4oc5ccccc5c34)n2)cc1. The Morgan fingerprint density at radius 2 is 0.863 bits per heavy atom. The van der Waals surface area contributed by atoms with Gasteiger partial charge in [0.15, 0.2) is 17.5 Å². The lowest BCUT2D eigenvalue weighted by Gasteiger charge is -2.18. The molecule has 0 saturated heterocycles. The van der Waals surface area contributed by atoms with Gasteiger partial charge >= 0.3 is 0 Å². The van der Waals surface area contributed by atoms with E-state index in [0.29, 0.717) is 17.5 Å². The zero-order valence-corrected chi connectivity index (χ0v) is 27.5. The van der Waals surface area contributed by atoms with Crippen LogP contribution in [0.1, 0.15) is 0 Å². The van der Waals surface area contributed by atoms with E-state index in [2.05, 4.69) is 115 Å². The summed E-state index contributed by atoms with van der Waals surface area (Å²) in [7, 11) is 0. The van der Waals surface area contributed by atoms with Crippen LogP contribution >= 0.6 is 0 Å². The third-order valence-corrected chi connectivity index (χ3v) is 9.76. The van der Waals surface area contributed by atoms with Gasteiger partial charge in [-0.15, -0.1) is 0 Å². The predicted octanol–water partition coefficient (Wildman–Crippen LogP) is 12.4. The van der Waals surface area contributed by atoms with Crippen LogP contribution in [0.5, 0.6) is 0 Å². The lowest BCUT2D eigenvalue weighted by Crippen LogP contribution is -2.01. The smallest absolute Gasteiger partial charge is 0.164 e. The van der Waals surface area contributed by atoms with Gasteiger partial charge in [-0.05, 0) is 62.0 Å². The van der Waals surface area contributed by atoms with Gasteiger partial charge in [0.2, 0.25) is 0 Å². The van der Waals surface area contributed by atoms with Gasteiger partial charge in [-0.1, -0.05) is 158 Å². The second kappa shape index (κ2) is 11.9. The molecule has 0 aliphatic carbocycles. The number of furan rings is 1. The molecule has 0 fully saturated rings. The standard InChI is InChI=1S/C47H29N3O/c1-3-14-30(15-4-1)34-27-26-31-16-7-8-19-33(31)43(34)37-28-29-38(36-21-10-9-20-35(36)37)46-48-45(32-17-5-2-6-18-32)49-47(50-46)40-23-13-25-42-44(40)39-22-11-12-24-41(39)51-42/h1-29H. The summed E-state index contributed by atoms with van der Waals surface area (Å²) in [6.45, 7) is 0. The maximum absolute atomic E-state index is 6.26. The molecule has 4 nitrogen and oxygen atoms in total. The predicted molar refractivity (Wildman–Crippen MR) is 209 cm³/mol. The van der Waals surface area contributed by atoms with E-state index >= 15 is 0 Å². The zero-order chi connectivity index (χ0) is 33.7. The van der Waals surface area contributed by atoms with Crippen LogP contribution in [0, 0.1) is 0 Å². The van der Waals surface area contributed by atoms with Crippen molar-refractivity contribution >= 4 is 43.5 Å². The van der Waals surface area contributed by atoms with E-state index in [-0.39, 0.29) is 0 Å². The van der Waals surface area contributed by atoms with Gasteiger partial charge in [-0.25, -0.2) is 15.0 Å². The van der Waals surface area contributed by atoms with E-state index in [9.17, 15) is 0 Å². The van der Waals surface area contributed by atoms with E-state index in [0.717, 1.165) is 55.0 Å². The zero-order valence-electron chi connectivity index (χ0n) is 27.5. The molecule has 2 aromatic heterocycles. The highest BCUT2D eigenvalue weighted by molar-refractivity contribution is 6.14. The van der Waals surface area contributed by atoms with Gasteiger partial charge in [0.1, 0.15) is 11.2 Å². The van der Waals surface area contributed by atoms with Crippen LogP contribution in [0.15, 0.2) is 180 Å². The minimum Gasteiger partial charge on any atom is -0.456 e. The van der Waals surface area contributed by atoms with Crippen molar-refractivity contribution in [2.75, 3.05) is 0 Å². The molecule has 0 atom stereocenters. The number of hydrogen-bond acceptors (Lipinski definition) is 4. The monoisotopic (exact) mass is 651 g/mol. The Bertz CT molecular complexity index is 2910. The molecule has 0 bridgehead atoms. The first-order chi connectivity index (χ1) is 25.3. The number of rotatable bonds is 5. The van der Waals surface area contributed by atoms with Crippen molar-refractivity contribution in [3.8, 4) is 56.4 Å². The van der Waals surface area contributed by atoms with Crippen LogP contribution in [0.3, 0.4) is 0 Å². The quantitative estimate of drug-likeness (QED) is 0.186. The summed E-state index contributed by atoms with van der Waals surface area (Å²) in [6, 6.07) is 61.1. The summed E-state index contributed by atoms with van der Waals surface area (Å²) >= 11 is 0. The van der Waals surface area contributed by atoms with Gasteiger partial charge in [-0.3, -0.25) is 0 Å². The summed E-state index contributed by atoms with van der Waals surface area (Å²) < 4.78 is 6.26. The van der Waals surface area contributed by atoms with Gasteiger partial charge in [0, 0.05) is 27.5 Å². The number of aromatic nitrogens is 3.